The van der Waals surface area contributed by atoms with Crippen molar-refractivity contribution in [1.29, 1.82) is 0 Å². The Bertz CT molecular complexity index is 595. The van der Waals surface area contributed by atoms with Gasteiger partial charge in [-0.15, -0.1) is 11.3 Å². The number of ether oxygens (including phenoxy) is 1. The first-order chi connectivity index (χ1) is 10.8. The molecule has 0 radical (unpaired) electrons. The van der Waals surface area contributed by atoms with Crippen LogP contribution in [0.2, 0.25) is 0 Å². The van der Waals surface area contributed by atoms with Crippen molar-refractivity contribution in [3.8, 4) is 5.75 Å². The topological polar surface area (TPSA) is 46.5 Å². The molecule has 4 nitrogen and oxygen atoms in total. The van der Waals surface area contributed by atoms with Crippen LogP contribution in [0.5, 0.6) is 5.75 Å². The second-order valence-electron chi connectivity index (χ2n) is 5.11. The molecule has 0 unspecified atom stereocenters. The number of rotatable bonds is 9. The number of hydrogen-bond donors (Lipinski definition) is 1. The normalized spacial score (nSPS) is 11.0. The summed E-state index contributed by atoms with van der Waals surface area (Å²) in [5, 5.41) is 7.03. The van der Waals surface area contributed by atoms with Gasteiger partial charge >= 0.3 is 0 Å². The van der Waals surface area contributed by atoms with E-state index in [9.17, 15) is 0 Å². The average Bonchev–Trinajstić information content (AvgIpc) is 2.94. The molecular formula is C17H23N3OS. The van der Waals surface area contributed by atoms with E-state index in [1.165, 1.54) is 19.3 Å². The van der Waals surface area contributed by atoms with Crippen LogP contribution >= 0.6 is 11.3 Å². The minimum Gasteiger partial charge on any atom is -0.493 e. The number of benzene rings is 1. The van der Waals surface area contributed by atoms with Gasteiger partial charge < -0.3 is 4.74 Å². The Morgan fingerprint density at radius 3 is 2.91 bits per heavy atom. The largest absolute Gasteiger partial charge is 0.493 e. The highest BCUT2D eigenvalue weighted by atomic mass is 32.1. The van der Waals surface area contributed by atoms with E-state index in [4.69, 9.17) is 4.74 Å². The third-order valence-electron chi connectivity index (χ3n) is 3.16. The van der Waals surface area contributed by atoms with E-state index >= 15 is 0 Å². The second-order valence-corrected chi connectivity index (χ2v) is 5.97. The number of unbranched alkanes of at least 4 members (excludes halogenated alkanes) is 3. The van der Waals surface area contributed by atoms with Crippen molar-refractivity contribution in [2.24, 2.45) is 5.10 Å². The molecule has 0 fully saturated rings. The minimum absolute atomic E-state index is 0.754. The van der Waals surface area contributed by atoms with Crippen LogP contribution in [0.15, 0.2) is 34.7 Å². The Kier molecular flexibility index (Phi) is 6.90. The summed E-state index contributed by atoms with van der Waals surface area (Å²) in [6, 6.07) is 7.95. The summed E-state index contributed by atoms with van der Waals surface area (Å²) in [5.74, 6) is 0.875. The van der Waals surface area contributed by atoms with Crippen molar-refractivity contribution in [2.75, 3.05) is 12.0 Å². The molecule has 0 bridgehead atoms. The quantitative estimate of drug-likeness (QED) is 0.408. The molecule has 0 saturated carbocycles. The smallest absolute Gasteiger partial charge is 0.203 e. The first kappa shape index (κ1) is 16.5. The van der Waals surface area contributed by atoms with E-state index in [0.29, 0.717) is 0 Å². The molecule has 0 aliphatic rings. The number of aromatic nitrogens is 1. The Morgan fingerprint density at radius 1 is 1.27 bits per heavy atom. The maximum Gasteiger partial charge on any atom is 0.203 e. The van der Waals surface area contributed by atoms with Crippen LogP contribution in [0.1, 0.15) is 43.9 Å². The molecule has 1 aromatic carbocycles. The number of para-hydroxylation sites is 1. The molecule has 22 heavy (non-hydrogen) atoms. The first-order valence-electron chi connectivity index (χ1n) is 7.72. The van der Waals surface area contributed by atoms with Crippen molar-refractivity contribution in [2.45, 2.75) is 39.5 Å². The standard InChI is InChI=1S/C17H23N3OS/c1-3-4-5-8-11-21-16-10-7-6-9-15(16)12-18-20-17-19-14(2)13-22-17/h6-7,9-10,12-13H,3-5,8,11H2,1-2H3,(H,19,20)/b18-12-. The van der Waals surface area contributed by atoms with Gasteiger partial charge in [-0.3, -0.25) is 5.43 Å². The first-order valence-corrected chi connectivity index (χ1v) is 8.60. The number of anilines is 1. The number of hydrazone groups is 1. The van der Waals surface area contributed by atoms with Crippen LogP contribution < -0.4 is 10.2 Å². The molecule has 2 rings (SSSR count). The molecule has 0 saturated heterocycles. The zero-order valence-corrected chi connectivity index (χ0v) is 14.0. The van der Waals surface area contributed by atoms with Crippen LogP contribution in [-0.4, -0.2) is 17.8 Å². The summed E-state index contributed by atoms with van der Waals surface area (Å²) in [6.07, 6.45) is 6.60. The van der Waals surface area contributed by atoms with Crippen molar-refractivity contribution in [3.63, 3.8) is 0 Å². The number of thiazole rings is 1. The molecule has 118 valence electrons. The summed E-state index contributed by atoms with van der Waals surface area (Å²) >= 11 is 1.54. The SMILES string of the molecule is CCCCCCOc1ccccc1/C=N\Nc1nc(C)cs1. The third kappa shape index (κ3) is 5.48. The van der Waals surface area contributed by atoms with E-state index in [2.05, 4.69) is 22.4 Å². The zero-order valence-electron chi connectivity index (χ0n) is 13.2. The van der Waals surface area contributed by atoms with Gasteiger partial charge in [0.15, 0.2) is 0 Å². The van der Waals surface area contributed by atoms with Gasteiger partial charge in [0.2, 0.25) is 5.13 Å². The molecule has 0 spiro atoms. The van der Waals surface area contributed by atoms with E-state index in [0.717, 1.165) is 35.2 Å². The van der Waals surface area contributed by atoms with E-state index < -0.39 is 0 Å². The second kappa shape index (κ2) is 9.20. The van der Waals surface area contributed by atoms with Gasteiger partial charge in [-0.05, 0) is 25.5 Å². The average molecular weight is 317 g/mol. The lowest BCUT2D eigenvalue weighted by Crippen LogP contribution is -2.00. The van der Waals surface area contributed by atoms with Crippen molar-refractivity contribution >= 4 is 22.7 Å². The monoisotopic (exact) mass is 317 g/mol. The molecule has 0 aliphatic carbocycles. The molecule has 2 aromatic rings. The fourth-order valence-electron chi connectivity index (χ4n) is 1.99. The summed E-state index contributed by atoms with van der Waals surface area (Å²) in [5.41, 5.74) is 4.92. The molecule has 0 amide bonds. The number of hydrogen-bond acceptors (Lipinski definition) is 5. The van der Waals surface area contributed by atoms with Gasteiger partial charge in [-0.2, -0.15) is 5.10 Å². The number of nitrogens with one attached hydrogen (secondary N) is 1. The van der Waals surface area contributed by atoms with Crippen molar-refractivity contribution in [1.82, 2.24) is 4.98 Å². The summed E-state index contributed by atoms with van der Waals surface area (Å²) in [4.78, 5) is 4.30. The molecule has 1 aromatic heterocycles. The fraction of sp³-hybridized carbons (Fsp3) is 0.412. The van der Waals surface area contributed by atoms with E-state index in [-0.39, 0.29) is 0 Å². The minimum atomic E-state index is 0.754. The van der Waals surface area contributed by atoms with Crippen LogP contribution in [0, 0.1) is 6.92 Å². The Labute approximate surface area is 136 Å². The highest BCUT2D eigenvalue weighted by molar-refractivity contribution is 7.13. The molecule has 5 heteroatoms. The van der Waals surface area contributed by atoms with Crippen LogP contribution in [0.3, 0.4) is 0 Å². The molecular weight excluding hydrogens is 294 g/mol. The highest BCUT2D eigenvalue weighted by Crippen LogP contribution is 2.17. The predicted molar refractivity (Wildman–Crippen MR) is 94.1 cm³/mol. The van der Waals surface area contributed by atoms with E-state index in [1.807, 2.05) is 36.6 Å². The summed E-state index contributed by atoms with van der Waals surface area (Å²) < 4.78 is 5.86. The molecule has 0 atom stereocenters. The van der Waals surface area contributed by atoms with Gasteiger partial charge in [-0.1, -0.05) is 38.3 Å². The molecule has 0 aliphatic heterocycles. The Morgan fingerprint density at radius 2 is 2.14 bits per heavy atom. The van der Waals surface area contributed by atoms with Gasteiger partial charge in [0.25, 0.3) is 0 Å². The van der Waals surface area contributed by atoms with Crippen LogP contribution in [0.25, 0.3) is 0 Å². The van der Waals surface area contributed by atoms with Gasteiger partial charge in [0, 0.05) is 10.9 Å². The Balaban J connectivity index is 1.87. The maximum absolute atomic E-state index is 5.86. The number of aryl methyl sites for hydroxylation is 1. The maximum atomic E-state index is 5.86. The molecule has 1 N–H and O–H groups in total. The summed E-state index contributed by atoms with van der Waals surface area (Å²) in [6.45, 7) is 4.93. The van der Waals surface area contributed by atoms with Crippen molar-refractivity contribution < 1.29 is 4.74 Å². The van der Waals surface area contributed by atoms with Crippen LogP contribution in [-0.2, 0) is 0 Å². The lowest BCUT2D eigenvalue weighted by Gasteiger charge is -2.08. The Hall–Kier alpha value is -1.88. The van der Waals surface area contributed by atoms with Gasteiger partial charge in [-0.25, -0.2) is 4.98 Å². The van der Waals surface area contributed by atoms with Crippen LogP contribution in [0.4, 0.5) is 5.13 Å². The summed E-state index contributed by atoms with van der Waals surface area (Å²) in [7, 11) is 0. The zero-order chi connectivity index (χ0) is 15.6. The highest BCUT2D eigenvalue weighted by Gasteiger charge is 2.01. The fourth-order valence-corrected chi connectivity index (χ4v) is 2.63. The predicted octanol–water partition coefficient (Wildman–Crippen LogP) is 4.86. The number of nitrogens with zero attached hydrogens (tertiary/aromatic N) is 2. The molecule has 1 heterocycles. The third-order valence-corrected chi connectivity index (χ3v) is 4.02. The van der Waals surface area contributed by atoms with Crippen molar-refractivity contribution in [3.05, 3.63) is 40.9 Å². The van der Waals surface area contributed by atoms with Gasteiger partial charge in [0.05, 0.1) is 18.5 Å². The lowest BCUT2D eigenvalue weighted by molar-refractivity contribution is 0.304. The lowest BCUT2D eigenvalue weighted by atomic mass is 10.2. The van der Waals surface area contributed by atoms with E-state index in [1.54, 1.807) is 17.6 Å². The van der Waals surface area contributed by atoms with Gasteiger partial charge in [0.1, 0.15) is 5.75 Å².